The molecule has 2 rings (SSSR count). The van der Waals surface area contributed by atoms with E-state index in [0.29, 0.717) is 5.82 Å². The highest BCUT2D eigenvalue weighted by molar-refractivity contribution is 5.85. The zero-order valence-electron chi connectivity index (χ0n) is 10.6. The summed E-state index contributed by atoms with van der Waals surface area (Å²) in [6, 6.07) is 7.97. The summed E-state index contributed by atoms with van der Waals surface area (Å²) in [6.07, 6.45) is 4.70. The molecule has 2 aromatic rings. The van der Waals surface area contributed by atoms with Gasteiger partial charge in [0.2, 0.25) is 0 Å². The molecule has 0 atom stereocenters. The van der Waals surface area contributed by atoms with Crippen molar-refractivity contribution in [1.82, 2.24) is 9.97 Å². The van der Waals surface area contributed by atoms with Crippen LogP contribution in [0, 0.1) is 0 Å². The van der Waals surface area contributed by atoms with Crippen LogP contribution in [0.4, 0.5) is 11.5 Å². The lowest BCUT2D eigenvalue weighted by molar-refractivity contribution is 0.0690. The van der Waals surface area contributed by atoms with E-state index in [-0.39, 0.29) is 5.69 Å². The van der Waals surface area contributed by atoms with Crippen molar-refractivity contribution in [2.45, 2.75) is 19.8 Å². The van der Waals surface area contributed by atoms with Crippen LogP contribution >= 0.6 is 0 Å². The third-order valence-corrected chi connectivity index (χ3v) is 2.67. The molecule has 0 amide bonds. The molecular formula is C14H15N3O2. The van der Waals surface area contributed by atoms with Gasteiger partial charge in [-0.3, -0.25) is 0 Å². The molecule has 0 aliphatic heterocycles. The van der Waals surface area contributed by atoms with E-state index < -0.39 is 5.97 Å². The van der Waals surface area contributed by atoms with Crippen molar-refractivity contribution in [3.63, 3.8) is 0 Å². The Balaban J connectivity index is 2.19. The van der Waals surface area contributed by atoms with Gasteiger partial charge >= 0.3 is 5.97 Å². The van der Waals surface area contributed by atoms with Gasteiger partial charge in [0.25, 0.3) is 0 Å². The van der Waals surface area contributed by atoms with E-state index in [1.54, 1.807) is 0 Å². The number of anilines is 2. The van der Waals surface area contributed by atoms with E-state index in [1.807, 2.05) is 18.2 Å². The van der Waals surface area contributed by atoms with E-state index in [4.69, 9.17) is 5.11 Å². The van der Waals surface area contributed by atoms with Crippen LogP contribution in [-0.4, -0.2) is 21.0 Å². The van der Waals surface area contributed by atoms with Crippen molar-refractivity contribution in [2.24, 2.45) is 0 Å². The fraction of sp³-hybridized carbons (Fsp3) is 0.214. The number of hydrogen-bond donors (Lipinski definition) is 2. The number of rotatable bonds is 5. The first kappa shape index (κ1) is 13.0. The first-order valence-corrected chi connectivity index (χ1v) is 6.11. The monoisotopic (exact) mass is 257 g/mol. The molecule has 19 heavy (non-hydrogen) atoms. The van der Waals surface area contributed by atoms with E-state index >= 15 is 0 Å². The summed E-state index contributed by atoms with van der Waals surface area (Å²) in [5, 5.41) is 11.9. The predicted octanol–water partition coefficient (Wildman–Crippen LogP) is 2.87. The molecule has 0 fully saturated rings. The van der Waals surface area contributed by atoms with Crippen molar-refractivity contribution in [3.8, 4) is 0 Å². The van der Waals surface area contributed by atoms with Gasteiger partial charge in [-0.2, -0.15) is 0 Å². The SMILES string of the molecule is CCCc1ccccc1Nc1cnc(C(=O)O)cn1. The fourth-order valence-corrected chi connectivity index (χ4v) is 1.77. The summed E-state index contributed by atoms with van der Waals surface area (Å²) in [6.45, 7) is 2.12. The Morgan fingerprint density at radius 3 is 2.68 bits per heavy atom. The van der Waals surface area contributed by atoms with Crippen LogP contribution in [0.25, 0.3) is 0 Å². The minimum absolute atomic E-state index is 0.0626. The number of benzene rings is 1. The second kappa shape index (κ2) is 5.95. The number of carboxylic acid groups (broad SMARTS) is 1. The smallest absolute Gasteiger partial charge is 0.356 e. The Bertz CT molecular complexity index is 567. The molecular weight excluding hydrogens is 242 g/mol. The standard InChI is InChI=1S/C14H15N3O2/c1-2-5-10-6-3-4-7-11(10)17-13-9-15-12(8-16-13)14(18)19/h3-4,6-9H,2,5H2,1H3,(H,16,17)(H,18,19). The molecule has 5 nitrogen and oxygen atoms in total. The van der Waals surface area contributed by atoms with Crippen LogP contribution in [0.2, 0.25) is 0 Å². The van der Waals surface area contributed by atoms with Gasteiger partial charge in [0, 0.05) is 5.69 Å². The molecule has 1 aromatic carbocycles. The Kier molecular flexibility index (Phi) is 4.07. The largest absolute Gasteiger partial charge is 0.476 e. The fourth-order valence-electron chi connectivity index (χ4n) is 1.77. The number of nitrogens with zero attached hydrogens (tertiary/aromatic N) is 2. The highest BCUT2D eigenvalue weighted by atomic mass is 16.4. The summed E-state index contributed by atoms with van der Waals surface area (Å²) in [5.74, 6) is -0.543. The molecule has 0 spiro atoms. The topological polar surface area (TPSA) is 75.1 Å². The van der Waals surface area contributed by atoms with Crippen molar-refractivity contribution >= 4 is 17.5 Å². The van der Waals surface area contributed by atoms with Crippen LogP contribution in [0.3, 0.4) is 0 Å². The lowest BCUT2D eigenvalue weighted by Gasteiger charge is -2.10. The van der Waals surface area contributed by atoms with Crippen molar-refractivity contribution in [2.75, 3.05) is 5.32 Å². The number of aromatic nitrogens is 2. The minimum atomic E-state index is -1.08. The molecule has 5 heteroatoms. The maximum absolute atomic E-state index is 10.7. The van der Waals surface area contributed by atoms with Crippen molar-refractivity contribution < 1.29 is 9.90 Å². The summed E-state index contributed by atoms with van der Waals surface area (Å²) in [7, 11) is 0. The molecule has 0 aliphatic carbocycles. The number of carboxylic acids is 1. The Hall–Kier alpha value is -2.43. The highest BCUT2D eigenvalue weighted by Gasteiger charge is 2.06. The minimum Gasteiger partial charge on any atom is -0.476 e. The molecule has 0 unspecified atom stereocenters. The quantitative estimate of drug-likeness (QED) is 0.861. The van der Waals surface area contributed by atoms with Crippen LogP contribution in [0.1, 0.15) is 29.4 Å². The van der Waals surface area contributed by atoms with Crippen molar-refractivity contribution in [1.29, 1.82) is 0 Å². The summed E-state index contributed by atoms with van der Waals surface area (Å²) >= 11 is 0. The third-order valence-electron chi connectivity index (χ3n) is 2.67. The molecule has 0 radical (unpaired) electrons. The van der Waals surface area contributed by atoms with Gasteiger partial charge in [-0.1, -0.05) is 31.5 Å². The molecule has 1 heterocycles. The second-order valence-corrected chi connectivity index (χ2v) is 4.12. The van der Waals surface area contributed by atoms with Crippen LogP contribution in [0.15, 0.2) is 36.7 Å². The number of nitrogens with one attached hydrogen (secondary N) is 1. The van der Waals surface area contributed by atoms with E-state index in [0.717, 1.165) is 18.5 Å². The summed E-state index contributed by atoms with van der Waals surface area (Å²) in [4.78, 5) is 18.6. The average Bonchev–Trinajstić information content (AvgIpc) is 2.42. The van der Waals surface area contributed by atoms with Crippen LogP contribution < -0.4 is 5.32 Å². The first-order chi connectivity index (χ1) is 9.20. The summed E-state index contributed by atoms with van der Waals surface area (Å²) in [5.41, 5.74) is 2.11. The maximum atomic E-state index is 10.7. The first-order valence-electron chi connectivity index (χ1n) is 6.11. The van der Waals surface area contributed by atoms with Gasteiger partial charge in [0.1, 0.15) is 5.82 Å². The van der Waals surface area contributed by atoms with Gasteiger partial charge in [-0.15, -0.1) is 0 Å². The Labute approximate surface area is 111 Å². The molecule has 0 saturated carbocycles. The zero-order valence-corrected chi connectivity index (χ0v) is 10.6. The number of para-hydroxylation sites is 1. The second-order valence-electron chi connectivity index (χ2n) is 4.12. The van der Waals surface area contributed by atoms with Gasteiger partial charge in [-0.25, -0.2) is 14.8 Å². The maximum Gasteiger partial charge on any atom is 0.356 e. The van der Waals surface area contributed by atoms with E-state index in [2.05, 4.69) is 28.3 Å². The van der Waals surface area contributed by atoms with Gasteiger partial charge in [0.15, 0.2) is 5.69 Å². The van der Waals surface area contributed by atoms with Gasteiger partial charge < -0.3 is 10.4 Å². The van der Waals surface area contributed by atoms with E-state index in [9.17, 15) is 4.79 Å². The number of aromatic carboxylic acids is 1. The normalized spacial score (nSPS) is 10.2. The van der Waals surface area contributed by atoms with Gasteiger partial charge in [0.05, 0.1) is 12.4 Å². The van der Waals surface area contributed by atoms with Crippen molar-refractivity contribution in [3.05, 3.63) is 47.9 Å². The summed E-state index contributed by atoms with van der Waals surface area (Å²) < 4.78 is 0. The molecule has 0 bridgehead atoms. The molecule has 98 valence electrons. The molecule has 0 aliphatic rings. The number of hydrogen-bond acceptors (Lipinski definition) is 4. The number of aryl methyl sites for hydroxylation is 1. The molecule has 0 saturated heterocycles. The number of carbonyl (C=O) groups is 1. The lowest BCUT2D eigenvalue weighted by atomic mass is 10.1. The average molecular weight is 257 g/mol. The van der Waals surface area contributed by atoms with E-state index in [1.165, 1.54) is 18.0 Å². The Morgan fingerprint density at radius 1 is 1.26 bits per heavy atom. The van der Waals surface area contributed by atoms with Gasteiger partial charge in [-0.05, 0) is 18.1 Å². The highest BCUT2D eigenvalue weighted by Crippen LogP contribution is 2.20. The van der Waals surface area contributed by atoms with Crippen LogP contribution in [0.5, 0.6) is 0 Å². The predicted molar refractivity (Wildman–Crippen MR) is 72.7 cm³/mol. The molecule has 2 N–H and O–H groups in total. The zero-order chi connectivity index (χ0) is 13.7. The lowest BCUT2D eigenvalue weighted by Crippen LogP contribution is -2.03. The van der Waals surface area contributed by atoms with Crippen LogP contribution in [-0.2, 0) is 6.42 Å². The third kappa shape index (κ3) is 3.28. The Morgan fingerprint density at radius 2 is 2.05 bits per heavy atom. The molecule has 1 aromatic heterocycles.